The molecule has 3 rings (SSSR count). The van der Waals surface area contributed by atoms with Crippen LogP contribution in [0.4, 0.5) is 17.1 Å². The fraction of sp³-hybridized carbons (Fsp3) is 0.174. The van der Waals surface area contributed by atoms with E-state index in [1.54, 1.807) is 0 Å². The van der Waals surface area contributed by atoms with Gasteiger partial charge in [0.25, 0.3) is 0 Å². The number of nitrogens with zero attached hydrogens (tertiary/aromatic N) is 1. The molecule has 0 aliphatic carbocycles. The maximum absolute atomic E-state index is 12.5. The first-order chi connectivity index (χ1) is 12.0. The van der Waals surface area contributed by atoms with Crippen LogP contribution in [0.5, 0.6) is 0 Å². The lowest BCUT2D eigenvalue weighted by Gasteiger charge is -2.25. The van der Waals surface area contributed by atoms with Gasteiger partial charge in [0.15, 0.2) is 5.78 Å². The molecule has 126 valence electrons. The van der Waals surface area contributed by atoms with Gasteiger partial charge in [-0.15, -0.1) is 0 Å². The molecule has 0 bridgehead atoms. The fourth-order valence-electron chi connectivity index (χ4n) is 2.80. The summed E-state index contributed by atoms with van der Waals surface area (Å²) in [5.74, 6) is 0.157. The zero-order chi connectivity index (χ0) is 17.9. The molecule has 0 aliphatic rings. The molecule has 0 saturated carbocycles. The van der Waals surface area contributed by atoms with Crippen molar-refractivity contribution in [2.75, 3.05) is 4.90 Å². The average molecular weight is 329 g/mol. The van der Waals surface area contributed by atoms with E-state index in [1.807, 2.05) is 81.4 Å². The number of para-hydroxylation sites is 2. The third-order valence-corrected chi connectivity index (χ3v) is 4.10. The summed E-state index contributed by atoms with van der Waals surface area (Å²) in [5, 5.41) is 0. The number of carbonyl (C=O) groups is 1. The number of ketones is 1. The van der Waals surface area contributed by atoms with Crippen molar-refractivity contribution in [2.45, 2.75) is 20.8 Å². The summed E-state index contributed by atoms with van der Waals surface area (Å²) >= 11 is 0. The van der Waals surface area contributed by atoms with Gasteiger partial charge in [-0.3, -0.25) is 4.79 Å². The molecule has 0 aromatic heterocycles. The predicted molar refractivity (Wildman–Crippen MR) is 105 cm³/mol. The first kappa shape index (κ1) is 17.0. The monoisotopic (exact) mass is 329 g/mol. The Hall–Kier alpha value is -2.87. The van der Waals surface area contributed by atoms with E-state index in [0.29, 0.717) is 0 Å². The van der Waals surface area contributed by atoms with E-state index >= 15 is 0 Å². The van der Waals surface area contributed by atoms with Crippen molar-refractivity contribution in [2.24, 2.45) is 5.41 Å². The Labute approximate surface area is 149 Å². The van der Waals surface area contributed by atoms with Gasteiger partial charge < -0.3 is 4.90 Å². The number of benzene rings is 3. The van der Waals surface area contributed by atoms with Crippen molar-refractivity contribution in [1.29, 1.82) is 0 Å². The van der Waals surface area contributed by atoms with Crippen LogP contribution in [0.25, 0.3) is 0 Å². The third-order valence-electron chi connectivity index (χ3n) is 4.10. The third kappa shape index (κ3) is 3.80. The van der Waals surface area contributed by atoms with Crippen LogP contribution in [0.1, 0.15) is 31.1 Å². The van der Waals surface area contributed by atoms with Crippen LogP contribution in [-0.2, 0) is 0 Å². The molecule has 0 aliphatic heterocycles. The Kier molecular flexibility index (Phi) is 4.71. The van der Waals surface area contributed by atoms with Gasteiger partial charge in [-0.2, -0.15) is 0 Å². The van der Waals surface area contributed by atoms with Gasteiger partial charge in [0.05, 0.1) is 0 Å². The Balaban J connectivity index is 2.02. The number of hydrogen-bond acceptors (Lipinski definition) is 2. The van der Waals surface area contributed by atoms with Crippen molar-refractivity contribution in [3.8, 4) is 0 Å². The lowest BCUT2D eigenvalue weighted by molar-refractivity contribution is 0.0858. The molecule has 0 atom stereocenters. The first-order valence-electron chi connectivity index (χ1n) is 8.52. The smallest absolute Gasteiger partial charge is 0.168 e. The molecule has 25 heavy (non-hydrogen) atoms. The minimum atomic E-state index is -0.375. The SMILES string of the molecule is CC(C)(C)C(=O)c1ccc(N(c2ccccc2)c2ccccc2)cc1. The molecule has 2 nitrogen and oxygen atoms in total. The molecule has 3 aromatic carbocycles. The summed E-state index contributed by atoms with van der Waals surface area (Å²) < 4.78 is 0. The van der Waals surface area contributed by atoms with E-state index in [0.717, 1.165) is 22.6 Å². The molecule has 0 saturated heterocycles. The molecule has 0 spiro atoms. The van der Waals surface area contributed by atoms with Crippen molar-refractivity contribution in [1.82, 2.24) is 0 Å². The first-order valence-corrected chi connectivity index (χ1v) is 8.52. The van der Waals surface area contributed by atoms with Crippen molar-refractivity contribution >= 4 is 22.8 Å². The lowest BCUT2D eigenvalue weighted by Crippen LogP contribution is -2.20. The highest BCUT2D eigenvalue weighted by molar-refractivity contribution is 6.00. The van der Waals surface area contributed by atoms with Gasteiger partial charge in [-0.1, -0.05) is 57.2 Å². The van der Waals surface area contributed by atoms with Gasteiger partial charge in [-0.25, -0.2) is 0 Å². The number of hydrogen-bond donors (Lipinski definition) is 0. The van der Waals surface area contributed by atoms with E-state index in [2.05, 4.69) is 29.2 Å². The molecule has 3 aromatic rings. The summed E-state index contributed by atoms with van der Waals surface area (Å²) in [6.07, 6.45) is 0. The number of rotatable bonds is 4. The lowest BCUT2D eigenvalue weighted by atomic mass is 9.86. The minimum Gasteiger partial charge on any atom is -0.311 e. The predicted octanol–water partition coefficient (Wildman–Crippen LogP) is 6.39. The maximum atomic E-state index is 12.5. The molecule has 0 amide bonds. The number of anilines is 3. The standard InChI is InChI=1S/C23H23NO/c1-23(2,3)22(25)18-14-16-21(17-15-18)24(19-10-6-4-7-11-19)20-12-8-5-9-13-20/h4-17H,1-3H3. The molecule has 0 heterocycles. The van der Waals surface area contributed by atoms with Crippen LogP contribution >= 0.6 is 0 Å². The fourth-order valence-corrected chi connectivity index (χ4v) is 2.80. The van der Waals surface area contributed by atoms with Gasteiger partial charge in [0.2, 0.25) is 0 Å². The maximum Gasteiger partial charge on any atom is 0.168 e. The summed E-state index contributed by atoms with van der Waals surface area (Å²) in [5.41, 5.74) is 3.58. The van der Waals surface area contributed by atoms with E-state index in [9.17, 15) is 4.79 Å². The quantitative estimate of drug-likeness (QED) is 0.517. The zero-order valence-electron chi connectivity index (χ0n) is 14.9. The normalized spacial score (nSPS) is 11.2. The van der Waals surface area contributed by atoms with Crippen molar-refractivity contribution < 1.29 is 4.79 Å². The Morgan fingerprint density at radius 3 is 1.44 bits per heavy atom. The van der Waals surface area contributed by atoms with E-state index in [-0.39, 0.29) is 11.2 Å². The topological polar surface area (TPSA) is 20.3 Å². The van der Waals surface area contributed by atoms with Crippen LogP contribution in [0.15, 0.2) is 84.9 Å². The number of Topliss-reactive ketones (excluding diaryl/α,β-unsaturated/α-hetero) is 1. The highest BCUT2D eigenvalue weighted by Gasteiger charge is 2.23. The summed E-state index contributed by atoms with van der Waals surface area (Å²) in [7, 11) is 0. The average Bonchev–Trinajstić information content (AvgIpc) is 2.63. The van der Waals surface area contributed by atoms with Crippen LogP contribution < -0.4 is 4.90 Å². The van der Waals surface area contributed by atoms with Gasteiger partial charge >= 0.3 is 0 Å². The molecular weight excluding hydrogens is 306 g/mol. The van der Waals surface area contributed by atoms with Gasteiger partial charge in [0, 0.05) is 28.0 Å². The van der Waals surface area contributed by atoms with E-state index < -0.39 is 0 Å². The second kappa shape index (κ2) is 6.94. The molecule has 0 radical (unpaired) electrons. The second-order valence-electron chi connectivity index (χ2n) is 7.13. The van der Waals surface area contributed by atoms with Crippen LogP contribution in [-0.4, -0.2) is 5.78 Å². The number of carbonyl (C=O) groups excluding carboxylic acids is 1. The molecule has 0 N–H and O–H groups in total. The second-order valence-corrected chi connectivity index (χ2v) is 7.13. The molecule has 2 heteroatoms. The van der Waals surface area contributed by atoms with E-state index in [1.165, 1.54) is 0 Å². The highest BCUT2D eigenvalue weighted by Crippen LogP contribution is 2.34. The molecule has 0 unspecified atom stereocenters. The molecule has 0 fully saturated rings. The van der Waals surface area contributed by atoms with Gasteiger partial charge in [0.1, 0.15) is 0 Å². The summed E-state index contributed by atoms with van der Waals surface area (Å²) in [6.45, 7) is 5.84. The Morgan fingerprint density at radius 2 is 1.04 bits per heavy atom. The van der Waals surface area contributed by atoms with Crippen LogP contribution in [0, 0.1) is 5.41 Å². The van der Waals surface area contributed by atoms with Crippen LogP contribution in [0.3, 0.4) is 0 Å². The van der Waals surface area contributed by atoms with Crippen LogP contribution in [0.2, 0.25) is 0 Å². The summed E-state index contributed by atoms with van der Waals surface area (Å²) in [4.78, 5) is 14.7. The Bertz CT molecular complexity index is 791. The highest BCUT2D eigenvalue weighted by atomic mass is 16.1. The Morgan fingerprint density at radius 1 is 0.640 bits per heavy atom. The van der Waals surface area contributed by atoms with E-state index in [4.69, 9.17) is 0 Å². The zero-order valence-corrected chi connectivity index (χ0v) is 14.9. The van der Waals surface area contributed by atoms with Crippen molar-refractivity contribution in [3.63, 3.8) is 0 Å². The summed E-state index contributed by atoms with van der Waals surface area (Å²) in [6, 6.07) is 28.3. The van der Waals surface area contributed by atoms with Crippen molar-refractivity contribution in [3.05, 3.63) is 90.5 Å². The molecular formula is C23H23NO. The minimum absolute atomic E-state index is 0.157. The van der Waals surface area contributed by atoms with Gasteiger partial charge in [-0.05, 0) is 48.5 Å². The largest absolute Gasteiger partial charge is 0.311 e.